The molecule has 0 aromatic heterocycles. The molecule has 0 unspecified atom stereocenters. The first-order valence-electron chi connectivity index (χ1n) is 5.29. The van der Waals surface area contributed by atoms with E-state index in [1.807, 2.05) is 32.1 Å². The molecule has 0 spiro atoms. The minimum absolute atomic E-state index is 1.14. The standard InChI is InChI=1S/C11H18.C2H6/c1-4-7-8-10-11(6-3)9-5-2;1-2/h5-6,9H,2-4,7-8,10H2,1H3;1-2H3/b11-9+;. The molecule has 0 radical (unpaired) electrons. The molecule has 13 heavy (non-hydrogen) atoms. The van der Waals surface area contributed by atoms with Gasteiger partial charge in [-0.25, -0.2) is 0 Å². The average molecular weight is 180 g/mol. The van der Waals surface area contributed by atoms with Gasteiger partial charge >= 0.3 is 0 Å². The largest absolute Gasteiger partial charge is 0.0991 e. The second-order valence-corrected chi connectivity index (χ2v) is 2.64. The Morgan fingerprint density at radius 1 is 1.15 bits per heavy atom. The third-order valence-corrected chi connectivity index (χ3v) is 1.66. The van der Waals surface area contributed by atoms with Crippen LogP contribution in [-0.4, -0.2) is 0 Å². The molecule has 0 rings (SSSR count). The highest BCUT2D eigenvalue weighted by atomic mass is 13.9. The average Bonchev–Trinajstić information content (AvgIpc) is 2.20. The van der Waals surface area contributed by atoms with Gasteiger partial charge in [0.15, 0.2) is 0 Å². The smallest absolute Gasteiger partial charge is 0.0279 e. The van der Waals surface area contributed by atoms with Crippen molar-refractivity contribution in [2.45, 2.75) is 46.5 Å². The number of hydrogen-bond donors (Lipinski definition) is 0. The van der Waals surface area contributed by atoms with Gasteiger partial charge in [0.2, 0.25) is 0 Å². The summed E-state index contributed by atoms with van der Waals surface area (Å²) in [6.45, 7) is 13.6. The molecule has 0 aliphatic carbocycles. The van der Waals surface area contributed by atoms with Gasteiger partial charge in [-0.1, -0.05) is 65.0 Å². The summed E-state index contributed by atoms with van der Waals surface area (Å²) in [6.07, 6.45) is 10.8. The van der Waals surface area contributed by atoms with Crippen LogP contribution in [0.15, 0.2) is 37.0 Å². The van der Waals surface area contributed by atoms with E-state index in [0.717, 1.165) is 6.42 Å². The van der Waals surface area contributed by atoms with E-state index in [9.17, 15) is 0 Å². The number of hydrogen-bond acceptors (Lipinski definition) is 0. The van der Waals surface area contributed by atoms with E-state index in [1.165, 1.54) is 24.8 Å². The van der Waals surface area contributed by atoms with Crippen molar-refractivity contribution in [1.29, 1.82) is 0 Å². The molecule has 0 aromatic rings. The molecule has 0 aliphatic heterocycles. The van der Waals surface area contributed by atoms with Gasteiger partial charge in [-0.15, -0.1) is 0 Å². The van der Waals surface area contributed by atoms with E-state index < -0.39 is 0 Å². The predicted molar refractivity (Wildman–Crippen MR) is 64.0 cm³/mol. The molecule has 0 N–H and O–H groups in total. The summed E-state index contributed by atoms with van der Waals surface area (Å²) < 4.78 is 0. The van der Waals surface area contributed by atoms with Crippen molar-refractivity contribution in [3.63, 3.8) is 0 Å². The first-order valence-corrected chi connectivity index (χ1v) is 5.29. The molecule has 0 amide bonds. The van der Waals surface area contributed by atoms with Gasteiger partial charge in [0.1, 0.15) is 0 Å². The van der Waals surface area contributed by atoms with Crippen molar-refractivity contribution in [3.8, 4) is 0 Å². The molecule has 0 nitrogen and oxygen atoms in total. The second kappa shape index (κ2) is 13.8. The van der Waals surface area contributed by atoms with Gasteiger partial charge in [0.05, 0.1) is 0 Å². The summed E-state index contributed by atoms with van der Waals surface area (Å²) in [6, 6.07) is 0. The molecule has 0 bridgehead atoms. The van der Waals surface area contributed by atoms with Gasteiger partial charge in [-0.3, -0.25) is 0 Å². The highest BCUT2D eigenvalue weighted by molar-refractivity contribution is 5.20. The van der Waals surface area contributed by atoms with Gasteiger partial charge in [0.25, 0.3) is 0 Å². The Kier molecular flexibility index (Phi) is 15.6. The van der Waals surface area contributed by atoms with Crippen LogP contribution in [0.5, 0.6) is 0 Å². The molecule has 0 aromatic carbocycles. The van der Waals surface area contributed by atoms with E-state index in [2.05, 4.69) is 20.1 Å². The Bertz CT molecular complexity index is 140. The van der Waals surface area contributed by atoms with Crippen LogP contribution in [0.2, 0.25) is 0 Å². The van der Waals surface area contributed by atoms with Crippen LogP contribution in [0.4, 0.5) is 0 Å². The van der Waals surface area contributed by atoms with Gasteiger partial charge < -0.3 is 0 Å². The van der Waals surface area contributed by atoms with Crippen molar-refractivity contribution in [1.82, 2.24) is 0 Å². The lowest BCUT2D eigenvalue weighted by atomic mass is 10.1. The second-order valence-electron chi connectivity index (χ2n) is 2.64. The Labute approximate surface area is 84.1 Å². The molecule has 76 valence electrons. The van der Waals surface area contributed by atoms with Gasteiger partial charge in [-0.05, 0) is 18.4 Å². The van der Waals surface area contributed by atoms with Crippen LogP contribution in [-0.2, 0) is 0 Å². The zero-order valence-electron chi connectivity index (χ0n) is 9.47. The summed E-state index contributed by atoms with van der Waals surface area (Å²) in [5.41, 5.74) is 1.30. The number of unbranched alkanes of at least 4 members (excludes halogenated alkanes) is 2. The molecule has 0 saturated carbocycles. The maximum atomic E-state index is 3.74. The van der Waals surface area contributed by atoms with E-state index in [-0.39, 0.29) is 0 Å². The first kappa shape index (κ1) is 14.7. The lowest BCUT2D eigenvalue weighted by Crippen LogP contribution is -1.78. The summed E-state index contributed by atoms with van der Waals surface area (Å²) in [4.78, 5) is 0. The Morgan fingerprint density at radius 2 is 1.77 bits per heavy atom. The molecule has 0 fully saturated rings. The fraction of sp³-hybridized carbons (Fsp3) is 0.538. The van der Waals surface area contributed by atoms with Crippen molar-refractivity contribution < 1.29 is 0 Å². The summed E-state index contributed by atoms with van der Waals surface area (Å²) in [5, 5.41) is 0. The van der Waals surface area contributed by atoms with E-state index >= 15 is 0 Å². The minimum atomic E-state index is 1.14. The van der Waals surface area contributed by atoms with Crippen molar-refractivity contribution in [3.05, 3.63) is 37.0 Å². The first-order chi connectivity index (χ1) is 6.35. The number of allylic oxidation sites excluding steroid dienone is 4. The van der Waals surface area contributed by atoms with Crippen molar-refractivity contribution in [2.24, 2.45) is 0 Å². The summed E-state index contributed by atoms with van der Waals surface area (Å²) >= 11 is 0. The van der Waals surface area contributed by atoms with Crippen molar-refractivity contribution in [2.75, 3.05) is 0 Å². The normalized spacial score (nSPS) is 9.92. The minimum Gasteiger partial charge on any atom is -0.0991 e. The molecular weight excluding hydrogens is 156 g/mol. The lowest BCUT2D eigenvalue weighted by molar-refractivity contribution is 0.719. The maximum absolute atomic E-state index is 3.74. The van der Waals surface area contributed by atoms with E-state index in [1.54, 1.807) is 0 Å². The molecule has 0 heterocycles. The fourth-order valence-corrected chi connectivity index (χ4v) is 0.984. The van der Waals surface area contributed by atoms with E-state index in [0.29, 0.717) is 0 Å². The number of rotatable bonds is 6. The van der Waals surface area contributed by atoms with Crippen LogP contribution in [0.25, 0.3) is 0 Å². The van der Waals surface area contributed by atoms with Crippen molar-refractivity contribution >= 4 is 0 Å². The van der Waals surface area contributed by atoms with E-state index in [4.69, 9.17) is 0 Å². The molecule has 0 saturated heterocycles. The maximum Gasteiger partial charge on any atom is -0.0279 e. The summed E-state index contributed by atoms with van der Waals surface area (Å²) in [5.74, 6) is 0. The monoisotopic (exact) mass is 180 g/mol. The zero-order chi connectivity index (χ0) is 10.5. The predicted octanol–water partition coefficient (Wildman–Crippen LogP) is 4.89. The Balaban J connectivity index is 0. The highest BCUT2D eigenvalue weighted by Crippen LogP contribution is 2.09. The molecule has 0 atom stereocenters. The zero-order valence-corrected chi connectivity index (χ0v) is 9.47. The lowest BCUT2D eigenvalue weighted by Gasteiger charge is -1.98. The highest BCUT2D eigenvalue weighted by Gasteiger charge is 1.89. The van der Waals surface area contributed by atoms with Crippen LogP contribution in [0.3, 0.4) is 0 Å². The molecule has 0 aliphatic rings. The van der Waals surface area contributed by atoms with Gasteiger partial charge in [0, 0.05) is 0 Å². The third kappa shape index (κ3) is 11.2. The topological polar surface area (TPSA) is 0 Å². The Morgan fingerprint density at radius 3 is 2.15 bits per heavy atom. The summed E-state index contributed by atoms with van der Waals surface area (Å²) in [7, 11) is 0. The third-order valence-electron chi connectivity index (χ3n) is 1.66. The molecular formula is C13H24. The van der Waals surface area contributed by atoms with Crippen LogP contribution in [0.1, 0.15) is 46.5 Å². The quantitative estimate of drug-likeness (QED) is 0.403. The van der Waals surface area contributed by atoms with Crippen LogP contribution in [0, 0.1) is 0 Å². The molecule has 0 heteroatoms. The Hall–Kier alpha value is -0.780. The fourth-order valence-electron chi connectivity index (χ4n) is 0.984. The van der Waals surface area contributed by atoms with Crippen LogP contribution < -0.4 is 0 Å². The van der Waals surface area contributed by atoms with Gasteiger partial charge in [-0.2, -0.15) is 0 Å². The SMILES string of the molecule is C=C/C=C(\C=C)CCCCC.CC. The van der Waals surface area contributed by atoms with Crippen LogP contribution >= 0.6 is 0 Å².